The molecule has 6 heteroatoms. The monoisotopic (exact) mass is 386 g/mol. The van der Waals surface area contributed by atoms with Crippen molar-refractivity contribution in [2.75, 3.05) is 12.1 Å². The number of carbonyl (C=O) groups is 1. The van der Waals surface area contributed by atoms with Crippen LogP contribution < -0.4 is 14.8 Å². The summed E-state index contributed by atoms with van der Waals surface area (Å²) in [7, 11) is 0. The molecule has 1 amide bonds. The van der Waals surface area contributed by atoms with Gasteiger partial charge in [0.25, 0.3) is 5.91 Å². The third-order valence-electron chi connectivity index (χ3n) is 4.67. The second kappa shape index (κ2) is 5.14. The van der Waals surface area contributed by atoms with Gasteiger partial charge in [-0.05, 0) is 58.6 Å². The number of hydrogen-bond acceptors (Lipinski definition) is 4. The highest BCUT2D eigenvalue weighted by atomic mass is 79.9. The molecule has 0 spiro atoms. The molecule has 24 heavy (non-hydrogen) atoms. The second-order valence-electron chi connectivity index (χ2n) is 6.27. The van der Waals surface area contributed by atoms with E-state index < -0.39 is 0 Å². The van der Waals surface area contributed by atoms with E-state index in [-0.39, 0.29) is 18.9 Å². The fraction of sp³-hybridized carbons (Fsp3) is 0.278. The summed E-state index contributed by atoms with van der Waals surface area (Å²) in [5.41, 5.74) is 2.60. The summed E-state index contributed by atoms with van der Waals surface area (Å²) in [6.07, 6.45) is 1.90. The van der Waals surface area contributed by atoms with Gasteiger partial charge in [0.05, 0.1) is 10.0 Å². The highest BCUT2D eigenvalue weighted by Gasteiger charge is 2.42. The van der Waals surface area contributed by atoms with Crippen LogP contribution in [-0.4, -0.2) is 23.6 Å². The van der Waals surface area contributed by atoms with E-state index in [9.17, 15) is 4.79 Å². The van der Waals surface area contributed by atoms with Gasteiger partial charge < -0.3 is 19.7 Å². The Labute approximate surface area is 147 Å². The SMILES string of the molecule is O=C1c2ccccc2NC(c2cc(Br)c3c(c2)OCO3)N1C1CC1. The van der Waals surface area contributed by atoms with Gasteiger partial charge in [0.2, 0.25) is 6.79 Å². The van der Waals surface area contributed by atoms with E-state index in [2.05, 4.69) is 21.2 Å². The predicted molar refractivity (Wildman–Crippen MR) is 92.3 cm³/mol. The summed E-state index contributed by atoms with van der Waals surface area (Å²) in [6, 6.07) is 11.9. The van der Waals surface area contributed by atoms with Crippen molar-refractivity contribution in [2.45, 2.75) is 25.0 Å². The summed E-state index contributed by atoms with van der Waals surface area (Å²) < 4.78 is 11.8. The first kappa shape index (κ1) is 14.2. The summed E-state index contributed by atoms with van der Waals surface area (Å²) in [4.78, 5) is 15.0. The van der Waals surface area contributed by atoms with Crippen LogP contribution in [0, 0.1) is 0 Å². The van der Waals surface area contributed by atoms with Gasteiger partial charge in [0.15, 0.2) is 11.5 Å². The number of nitrogens with zero attached hydrogens (tertiary/aromatic N) is 1. The number of para-hydroxylation sites is 1. The normalized spacial score (nSPS) is 21.5. The van der Waals surface area contributed by atoms with Crippen molar-refractivity contribution in [1.29, 1.82) is 0 Å². The topological polar surface area (TPSA) is 50.8 Å². The lowest BCUT2D eigenvalue weighted by Crippen LogP contribution is -2.44. The number of fused-ring (bicyclic) bond motifs is 2. The molecule has 2 heterocycles. The van der Waals surface area contributed by atoms with Crippen LogP contribution in [0.4, 0.5) is 5.69 Å². The summed E-state index contributed by atoms with van der Waals surface area (Å²) in [5, 5.41) is 3.52. The minimum atomic E-state index is -0.203. The van der Waals surface area contributed by atoms with Gasteiger partial charge in [-0.2, -0.15) is 0 Å². The standard InChI is InChI=1S/C18H15BrN2O3/c19-13-7-10(8-15-16(13)24-9-23-15)17-20-14-4-2-1-3-12(14)18(22)21(17)11-5-6-11/h1-4,7-8,11,17,20H,5-6,9H2. The van der Waals surface area contributed by atoms with E-state index in [4.69, 9.17) is 9.47 Å². The molecule has 3 aliphatic rings. The molecular weight excluding hydrogens is 372 g/mol. The molecule has 0 radical (unpaired) electrons. The Bertz CT molecular complexity index is 850. The summed E-state index contributed by atoms with van der Waals surface area (Å²) in [5.74, 6) is 1.52. The number of rotatable bonds is 2. The van der Waals surface area contributed by atoms with E-state index in [0.29, 0.717) is 11.8 Å². The molecule has 5 rings (SSSR count). The highest BCUT2D eigenvalue weighted by molar-refractivity contribution is 9.10. The lowest BCUT2D eigenvalue weighted by Gasteiger charge is -2.38. The maximum absolute atomic E-state index is 13.0. The highest BCUT2D eigenvalue weighted by Crippen LogP contribution is 2.45. The number of ether oxygens (including phenoxy) is 2. The fourth-order valence-corrected chi connectivity index (χ4v) is 3.96. The first-order chi connectivity index (χ1) is 11.7. The van der Waals surface area contributed by atoms with E-state index >= 15 is 0 Å². The molecule has 1 saturated carbocycles. The number of nitrogens with one attached hydrogen (secondary N) is 1. The third kappa shape index (κ3) is 2.09. The van der Waals surface area contributed by atoms with E-state index in [0.717, 1.165) is 39.9 Å². The molecule has 122 valence electrons. The third-order valence-corrected chi connectivity index (χ3v) is 5.26. The average molecular weight is 387 g/mol. The quantitative estimate of drug-likeness (QED) is 0.849. The van der Waals surface area contributed by atoms with Crippen molar-refractivity contribution in [3.63, 3.8) is 0 Å². The first-order valence-corrected chi connectivity index (χ1v) is 8.79. The maximum Gasteiger partial charge on any atom is 0.258 e. The van der Waals surface area contributed by atoms with Crippen LogP contribution in [0.25, 0.3) is 0 Å². The Morgan fingerprint density at radius 1 is 1.17 bits per heavy atom. The zero-order valence-electron chi connectivity index (χ0n) is 12.8. The number of benzene rings is 2. The molecule has 2 aliphatic heterocycles. The minimum Gasteiger partial charge on any atom is -0.454 e. The summed E-state index contributed by atoms with van der Waals surface area (Å²) >= 11 is 3.55. The Balaban J connectivity index is 1.62. The van der Waals surface area contributed by atoms with Crippen LogP contribution in [0.5, 0.6) is 11.5 Å². The van der Waals surface area contributed by atoms with Crippen LogP contribution in [-0.2, 0) is 0 Å². The van der Waals surface area contributed by atoms with Crippen molar-refractivity contribution in [3.05, 3.63) is 52.0 Å². The Morgan fingerprint density at radius 2 is 2.00 bits per heavy atom. The van der Waals surface area contributed by atoms with Gasteiger partial charge >= 0.3 is 0 Å². The van der Waals surface area contributed by atoms with Crippen LogP contribution in [0.2, 0.25) is 0 Å². The zero-order valence-corrected chi connectivity index (χ0v) is 14.4. The molecule has 2 aromatic carbocycles. The largest absolute Gasteiger partial charge is 0.454 e. The second-order valence-corrected chi connectivity index (χ2v) is 7.13. The molecule has 1 atom stereocenters. The molecule has 0 saturated heterocycles. The molecule has 0 aromatic heterocycles. The van der Waals surface area contributed by atoms with Crippen LogP contribution >= 0.6 is 15.9 Å². The molecule has 2 aromatic rings. The predicted octanol–water partition coefficient (Wildman–Crippen LogP) is 3.91. The van der Waals surface area contributed by atoms with Crippen molar-refractivity contribution >= 4 is 27.5 Å². The van der Waals surface area contributed by atoms with Crippen molar-refractivity contribution in [3.8, 4) is 11.5 Å². The van der Waals surface area contributed by atoms with Crippen molar-refractivity contribution in [2.24, 2.45) is 0 Å². The average Bonchev–Trinajstić information content (AvgIpc) is 3.30. The van der Waals surface area contributed by atoms with Crippen molar-refractivity contribution < 1.29 is 14.3 Å². The molecule has 1 fully saturated rings. The van der Waals surface area contributed by atoms with Gasteiger partial charge in [-0.25, -0.2) is 0 Å². The number of amides is 1. The first-order valence-electron chi connectivity index (χ1n) is 7.99. The number of carbonyl (C=O) groups excluding carboxylic acids is 1. The Kier molecular flexibility index (Phi) is 3.03. The van der Waals surface area contributed by atoms with Gasteiger partial charge in [-0.1, -0.05) is 12.1 Å². The fourth-order valence-electron chi connectivity index (χ4n) is 3.39. The lowest BCUT2D eigenvalue weighted by atomic mass is 10.0. The van der Waals surface area contributed by atoms with Gasteiger partial charge in [0.1, 0.15) is 6.17 Å². The number of halogens is 1. The molecule has 5 nitrogen and oxygen atoms in total. The van der Waals surface area contributed by atoms with Crippen molar-refractivity contribution in [1.82, 2.24) is 4.90 Å². The summed E-state index contributed by atoms with van der Waals surface area (Å²) in [6.45, 7) is 0.226. The molecule has 0 bridgehead atoms. The van der Waals surface area contributed by atoms with Gasteiger partial charge in [-0.15, -0.1) is 0 Å². The smallest absolute Gasteiger partial charge is 0.258 e. The van der Waals surface area contributed by atoms with Crippen LogP contribution in [0.15, 0.2) is 40.9 Å². The van der Waals surface area contributed by atoms with Gasteiger partial charge in [0, 0.05) is 11.7 Å². The maximum atomic E-state index is 13.0. The van der Waals surface area contributed by atoms with Gasteiger partial charge in [-0.3, -0.25) is 4.79 Å². The number of hydrogen-bond donors (Lipinski definition) is 1. The number of anilines is 1. The molecule has 1 aliphatic carbocycles. The Morgan fingerprint density at radius 3 is 2.83 bits per heavy atom. The minimum absolute atomic E-state index is 0.0886. The van der Waals surface area contributed by atoms with Crippen LogP contribution in [0.3, 0.4) is 0 Å². The van der Waals surface area contributed by atoms with E-state index in [1.165, 1.54) is 0 Å². The Hall–Kier alpha value is -2.21. The molecular formula is C18H15BrN2O3. The van der Waals surface area contributed by atoms with E-state index in [1.54, 1.807) is 0 Å². The lowest BCUT2D eigenvalue weighted by molar-refractivity contribution is 0.0666. The van der Waals surface area contributed by atoms with Crippen LogP contribution in [0.1, 0.15) is 34.9 Å². The zero-order chi connectivity index (χ0) is 16.3. The molecule has 1 unspecified atom stereocenters. The molecule has 1 N–H and O–H groups in total. The van der Waals surface area contributed by atoms with E-state index in [1.807, 2.05) is 41.3 Å².